The van der Waals surface area contributed by atoms with Gasteiger partial charge in [-0.2, -0.15) is 10.2 Å². The Bertz CT molecular complexity index is 1970. The predicted octanol–water partition coefficient (Wildman–Crippen LogP) is 11.9. The Morgan fingerprint density at radius 3 is 1.02 bits per heavy atom. The van der Waals surface area contributed by atoms with Gasteiger partial charge in [-0.3, -0.25) is 9.78 Å². The Morgan fingerprint density at radius 2 is 0.784 bits per heavy atom. The van der Waals surface area contributed by atoms with Gasteiger partial charge in [-0.25, -0.2) is 0 Å². The Balaban J connectivity index is 0.000000154. The summed E-state index contributed by atoms with van der Waals surface area (Å²) in [6, 6.07) is 62.2. The molecule has 7 heteroatoms. The van der Waals surface area contributed by atoms with E-state index < -0.39 is 10.4 Å². The first kappa shape index (κ1) is 35.8. The molecule has 0 aliphatic rings. The summed E-state index contributed by atoms with van der Waals surface area (Å²) in [5, 5.41) is 11.0. The number of nitrogens with zero attached hydrogens (tertiary/aromatic N) is 3. The largest absolute Gasteiger partial charge is 0.285 e. The van der Waals surface area contributed by atoms with E-state index >= 15 is 0 Å². The predicted molar refractivity (Wildman–Crippen MR) is 216 cm³/mol. The number of alkyl halides is 1. The van der Waals surface area contributed by atoms with Gasteiger partial charge in [0.2, 0.25) is 0 Å². The van der Waals surface area contributed by atoms with Gasteiger partial charge in [0.15, 0.2) is 0 Å². The second kappa shape index (κ2) is 17.3. The minimum Gasteiger partial charge on any atom is -0.285 e. The van der Waals surface area contributed by atoms with Crippen molar-refractivity contribution in [3.05, 3.63) is 249 Å². The first-order valence-electron chi connectivity index (χ1n) is 16.4. The molecule has 0 saturated heterocycles. The van der Waals surface area contributed by atoms with Crippen LogP contribution >= 0.6 is 43.5 Å². The highest BCUT2D eigenvalue weighted by Crippen LogP contribution is 2.43. The smallest absolute Gasteiger partial charge is 0.138 e. The average Bonchev–Trinajstić information content (AvgIpc) is 3.88. The number of H-pyrrole nitrogens is 1. The van der Waals surface area contributed by atoms with E-state index in [1.807, 2.05) is 89.9 Å². The van der Waals surface area contributed by atoms with E-state index in [2.05, 4.69) is 156 Å². The second-order valence-electron chi connectivity index (χ2n) is 11.6. The molecule has 252 valence electrons. The Morgan fingerprint density at radius 1 is 0.451 bits per heavy atom. The van der Waals surface area contributed by atoms with Gasteiger partial charge in [-0.1, -0.05) is 182 Å². The number of hydrogen-bond acceptors (Lipinski definition) is 2. The number of aromatic nitrogens is 4. The normalized spacial score (nSPS) is 11.0. The van der Waals surface area contributed by atoms with Gasteiger partial charge in [0.05, 0.1) is 21.3 Å². The first-order chi connectivity index (χ1) is 25.0. The molecule has 0 amide bonds. The highest BCUT2D eigenvalue weighted by molar-refractivity contribution is 9.10. The molecular weight excluding hydrogens is 780 g/mol. The molecule has 0 bridgehead atoms. The lowest BCUT2D eigenvalue weighted by Gasteiger charge is -2.36. The van der Waals surface area contributed by atoms with Crippen LogP contribution in [0.1, 0.15) is 33.4 Å². The van der Waals surface area contributed by atoms with Crippen LogP contribution in [-0.4, -0.2) is 20.0 Å². The maximum Gasteiger partial charge on any atom is 0.138 e. The Hall–Kier alpha value is -5.01. The van der Waals surface area contributed by atoms with Gasteiger partial charge in [-0.15, -0.1) is 11.6 Å². The van der Waals surface area contributed by atoms with Crippen LogP contribution in [0.5, 0.6) is 0 Å². The van der Waals surface area contributed by atoms with Crippen molar-refractivity contribution >= 4 is 43.5 Å². The number of nitrogens with one attached hydrogen (secondary N) is 1. The van der Waals surface area contributed by atoms with Crippen LogP contribution in [0, 0.1) is 0 Å². The second-order valence-corrected chi connectivity index (χ2v) is 14.0. The molecule has 6 aromatic carbocycles. The fraction of sp³-hybridized carbons (Fsp3) is 0.0455. The molecule has 0 radical (unpaired) electrons. The van der Waals surface area contributed by atoms with E-state index in [4.69, 9.17) is 11.6 Å². The van der Waals surface area contributed by atoms with Crippen molar-refractivity contribution in [2.75, 3.05) is 0 Å². The van der Waals surface area contributed by atoms with Crippen molar-refractivity contribution < 1.29 is 0 Å². The van der Waals surface area contributed by atoms with E-state index in [-0.39, 0.29) is 0 Å². The van der Waals surface area contributed by atoms with Crippen molar-refractivity contribution in [1.29, 1.82) is 0 Å². The monoisotopic (exact) mass is 812 g/mol. The molecule has 8 aromatic rings. The number of aromatic amines is 1. The molecule has 1 N–H and O–H groups in total. The van der Waals surface area contributed by atoms with Crippen LogP contribution in [0.4, 0.5) is 0 Å². The standard InChI is InChI=1S/C22H17BrN2.C19H15Cl.C3H3BrN2/c23-21-16-24-25(17-21)22(18-10-4-1-5-11-18,19-12-6-2-7-13-19)20-14-8-3-9-15-20;20-19(16-10-4-1-5-11-16,17-12-6-2-7-13-17)18-14-8-3-9-15-18;4-3-1-5-6-2-3/h1-17H;1-15H;1-2H,(H,5,6). The van der Waals surface area contributed by atoms with Gasteiger partial charge in [0, 0.05) is 12.4 Å². The molecule has 2 aromatic heterocycles. The van der Waals surface area contributed by atoms with E-state index in [1.54, 1.807) is 12.4 Å². The van der Waals surface area contributed by atoms with E-state index in [0.29, 0.717) is 0 Å². The van der Waals surface area contributed by atoms with Crippen LogP contribution in [0.15, 0.2) is 216 Å². The zero-order valence-corrected chi connectivity index (χ0v) is 31.5. The summed E-state index contributed by atoms with van der Waals surface area (Å²) in [7, 11) is 0. The van der Waals surface area contributed by atoms with Crippen LogP contribution in [-0.2, 0) is 10.4 Å². The zero-order valence-electron chi connectivity index (χ0n) is 27.6. The maximum absolute atomic E-state index is 7.12. The zero-order chi connectivity index (χ0) is 35.4. The highest BCUT2D eigenvalue weighted by atomic mass is 79.9. The average molecular weight is 815 g/mol. The minimum atomic E-state index is -0.649. The molecule has 0 saturated carbocycles. The molecule has 51 heavy (non-hydrogen) atoms. The van der Waals surface area contributed by atoms with Gasteiger partial charge < -0.3 is 0 Å². The summed E-state index contributed by atoms with van der Waals surface area (Å²) in [6.45, 7) is 0. The topological polar surface area (TPSA) is 46.5 Å². The first-order valence-corrected chi connectivity index (χ1v) is 18.4. The molecule has 0 aliphatic heterocycles. The lowest BCUT2D eigenvalue weighted by Crippen LogP contribution is -2.38. The van der Waals surface area contributed by atoms with Crippen LogP contribution in [0.2, 0.25) is 0 Å². The van der Waals surface area contributed by atoms with Gasteiger partial charge in [0.1, 0.15) is 10.4 Å². The van der Waals surface area contributed by atoms with Gasteiger partial charge >= 0.3 is 0 Å². The minimum absolute atomic E-state index is 0.532. The van der Waals surface area contributed by atoms with Crippen molar-refractivity contribution in [3.63, 3.8) is 0 Å². The number of benzene rings is 6. The summed E-state index contributed by atoms with van der Waals surface area (Å²) in [5.41, 5.74) is 6.22. The molecular formula is C44H35Br2ClN4. The fourth-order valence-electron chi connectivity index (χ4n) is 6.16. The molecule has 0 aliphatic carbocycles. The van der Waals surface area contributed by atoms with Gasteiger partial charge in [0.25, 0.3) is 0 Å². The number of rotatable bonds is 7. The molecule has 8 rings (SSSR count). The van der Waals surface area contributed by atoms with Crippen molar-refractivity contribution in [1.82, 2.24) is 20.0 Å². The maximum atomic E-state index is 7.12. The summed E-state index contributed by atoms with van der Waals surface area (Å²) >= 11 is 13.9. The van der Waals surface area contributed by atoms with E-state index in [0.717, 1.165) is 25.6 Å². The quantitative estimate of drug-likeness (QED) is 0.129. The third-order valence-electron chi connectivity index (χ3n) is 8.45. The number of halogens is 3. The summed E-state index contributed by atoms with van der Waals surface area (Å²) in [4.78, 5) is -0.649. The molecule has 0 atom stereocenters. The fourth-order valence-corrected chi connectivity index (χ4v) is 7.03. The molecule has 0 unspecified atom stereocenters. The molecule has 0 spiro atoms. The highest BCUT2D eigenvalue weighted by Gasteiger charge is 2.39. The van der Waals surface area contributed by atoms with Crippen molar-refractivity contribution in [3.8, 4) is 0 Å². The summed E-state index contributed by atoms with van der Waals surface area (Å²) in [5.74, 6) is 0. The third-order valence-corrected chi connectivity index (χ3v) is 9.95. The van der Waals surface area contributed by atoms with Gasteiger partial charge in [-0.05, 0) is 65.2 Å². The summed E-state index contributed by atoms with van der Waals surface area (Å²) in [6.07, 6.45) is 7.33. The van der Waals surface area contributed by atoms with Crippen molar-refractivity contribution in [2.45, 2.75) is 10.4 Å². The molecule has 2 heterocycles. The SMILES string of the molecule is Brc1cn[nH]c1.Brc1cnn(C(c2ccccc2)(c2ccccc2)c2ccccc2)c1.ClC(c1ccccc1)(c1ccccc1)c1ccccc1. The van der Waals surface area contributed by atoms with Crippen molar-refractivity contribution in [2.24, 2.45) is 0 Å². The van der Waals surface area contributed by atoms with E-state index in [1.165, 1.54) is 16.7 Å². The van der Waals surface area contributed by atoms with Crippen LogP contribution in [0.25, 0.3) is 0 Å². The van der Waals surface area contributed by atoms with Crippen LogP contribution < -0.4 is 0 Å². The number of hydrogen-bond donors (Lipinski definition) is 1. The van der Waals surface area contributed by atoms with Crippen LogP contribution in [0.3, 0.4) is 0 Å². The summed E-state index contributed by atoms with van der Waals surface area (Å²) < 4.78 is 3.99. The Labute approximate surface area is 321 Å². The lowest BCUT2D eigenvalue weighted by molar-refractivity contribution is 0.460. The molecule has 0 fully saturated rings. The third kappa shape index (κ3) is 8.15. The van der Waals surface area contributed by atoms with E-state index in [9.17, 15) is 0 Å². The lowest BCUT2D eigenvalue weighted by atomic mass is 9.77. The Kier molecular flexibility index (Phi) is 12.1. The molecule has 4 nitrogen and oxygen atoms in total.